The van der Waals surface area contributed by atoms with Gasteiger partial charge in [0, 0.05) is 5.69 Å². The first kappa shape index (κ1) is 22.0. The van der Waals surface area contributed by atoms with Crippen molar-refractivity contribution in [3.05, 3.63) is 65.2 Å². The van der Waals surface area contributed by atoms with Crippen molar-refractivity contribution in [1.82, 2.24) is 4.90 Å². The molecule has 162 valence electrons. The van der Waals surface area contributed by atoms with Gasteiger partial charge in [-0.05, 0) is 44.2 Å². The van der Waals surface area contributed by atoms with Crippen LogP contribution < -0.4 is 5.32 Å². The second-order valence-corrected chi connectivity index (χ2v) is 6.85. The first-order chi connectivity index (χ1) is 14.5. The van der Waals surface area contributed by atoms with Crippen molar-refractivity contribution in [3.63, 3.8) is 0 Å². The van der Waals surface area contributed by atoms with Gasteiger partial charge in [0.15, 0.2) is 6.10 Å². The lowest BCUT2D eigenvalue weighted by atomic mass is 10.1. The predicted octanol–water partition coefficient (Wildman–Crippen LogP) is 3.26. The number of benzene rings is 2. The number of hydrogen-bond donors (Lipinski definition) is 1. The number of imide groups is 1. The van der Waals surface area contributed by atoms with Crippen LogP contribution in [0, 0.1) is 0 Å². The fraction of sp³-hybridized carbons (Fsp3) is 0.238. The van der Waals surface area contributed by atoms with Gasteiger partial charge in [0.25, 0.3) is 17.7 Å². The number of anilines is 1. The molecule has 2 aromatic rings. The Balaban J connectivity index is 1.65. The van der Waals surface area contributed by atoms with E-state index < -0.39 is 47.6 Å². The summed E-state index contributed by atoms with van der Waals surface area (Å²) in [4.78, 5) is 50.3. The smallest absolute Gasteiger partial charge is 0.416 e. The lowest BCUT2D eigenvalue weighted by Gasteiger charge is -2.22. The minimum Gasteiger partial charge on any atom is -0.451 e. The summed E-state index contributed by atoms with van der Waals surface area (Å²) in [6, 6.07) is 8.74. The zero-order valence-corrected chi connectivity index (χ0v) is 16.4. The molecule has 1 aliphatic heterocycles. The number of alkyl halides is 3. The molecule has 0 fully saturated rings. The lowest BCUT2D eigenvalue weighted by molar-refractivity contribution is -0.156. The summed E-state index contributed by atoms with van der Waals surface area (Å²) < 4.78 is 43.4. The summed E-state index contributed by atoms with van der Waals surface area (Å²) in [5.41, 5.74) is -0.768. The third kappa shape index (κ3) is 4.42. The van der Waals surface area contributed by atoms with Gasteiger partial charge in [-0.3, -0.25) is 19.3 Å². The minimum absolute atomic E-state index is 0.129. The second kappa shape index (κ2) is 8.21. The quantitative estimate of drug-likeness (QED) is 0.576. The molecule has 0 spiro atoms. The van der Waals surface area contributed by atoms with Gasteiger partial charge in [0.1, 0.15) is 6.04 Å². The average molecular weight is 434 g/mol. The van der Waals surface area contributed by atoms with Crippen LogP contribution >= 0.6 is 0 Å². The van der Waals surface area contributed by atoms with E-state index >= 15 is 0 Å². The maximum Gasteiger partial charge on any atom is 0.416 e. The molecule has 3 amide bonds. The van der Waals surface area contributed by atoms with Gasteiger partial charge < -0.3 is 10.1 Å². The van der Waals surface area contributed by atoms with Crippen molar-refractivity contribution in [1.29, 1.82) is 0 Å². The summed E-state index contributed by atoms with van der Waals surface area (Å²) in [5.74, 6) is -3.21. The molecule has 0 saturated heterocycles. The number of halogens is 3. The van der Waals surface area contributed by atoms with E-state index in [-0.39, 0.29) is 16.8 Å². The maximum absolute atomic E-state index is 12.8. The number of carbonyl (C=O) groups is 4. The van der Waals surface area contributed by atoms with Crippen molar-refractivity contribution < 1.29 is 37.1 Å². The van der Waals surface area contributed by atoms with Gasteiger partial charge in [-0.15, -0.1) is 0 Å². The van der Waals surface area contributed by atoms with Crippen LogP contribution in [0.4, 0.5) is 18.9 Å². The molecule has 0 bridgehead atoms. The molecule has 1 heterocycles. The maximum atomic E-state index is 12.8. The Hall–Kier alpha value is -3.69. The number of nitrogens with zero attached hydrogens (tertiary/aromatic N) is 1. The summed E-state index contributed by atoms with van der Waals surface area (Å²) in [6.45, 7) is 2.50. The Morgan fingerprint density at radius 3 is 2.10 bits per heavy atom. The average Bonchev–Trinajstić information content (AvgIpc) is 2.97. The molecule has 31 heavy (non-hydrogen) atoms. The van der Waals surface area contributed by atoms with Gasteiger partial charge in [-0.25, -0.2) is 4.79 Å². The minimum atomic E-state index is -4.58. The van der Waals surface area contributed by atoms with Crippen LogP contribution in [0.2, 0.25) is 0 Å². The van der Waals surface area contributed by atoms with Crippen molar-refractivity contribution >= 4 is 29.4 Å². The molecule has 3 rings (SSSR count). The van der Waals surface area contributed by atoms with Crippen molar-refractivity contribution in [2.45, 2.75) is 32.2 Å². The number of carbonyl (C=O) groups excluding carboxylic acids is 4. The predicted molar refractivity (Wildman–Crippen MR) is 102 cm³/mol. The molecule has 2 aromatic carbocycles. The molecule has 7 nitrogen and oxygen atoms in total. The number of nitrogens with one attached hydrogen (secondary N) is 1. The SMILES string of the molecule is C[C@H](OC(=O)[C@H](C)N1C(=O)c2ccccc2C1=O)C(=O)Nc1cccc(C(F)(F)F)c1. The van der Waals surface area contributed by atoms with Gasteiger partial charge in [-0.1, -0.05) is 18.2 Å². The molecule has 0 unspecified atom stereocenters. The molecular weight excluding hydrogens is 417 g/mol. The third-order valence-electron chi connectivity index (χ3n) is 4.67. The van der Waals surface area contributed by atoms with E-state index in [9.17, 15) is 32.3 Å². The number of hydrogen-bond acceptors (Lipinski definition) is 5. The van der Waals surface area contributed by atoms with Gasteiger partial charge in [0.05, 0.1) is 16.7 Å². The number of amides is 3. The molecule has 1 N–H and O–H groups in total. The summed E-state index contributed by atoms with van der Waals surface area (Å²) in [5, 5.41) is 2.24. The van der Waals surface area contributed by atoms with Crippen LogP contribution in [-0.4, -0.2) is 40.7 Å². The highest BCUT2D eigenvalue weighted by atomic mass is 19.4. The molecule has 1 aliphatic rings. The number of fused-ring (bicyclic) bond motifs is 1. The Kier molecular flexibility index (Phi) is 5.83. The normalized spacial score (nSPS) is 15.3. The van der Waals surface area contributed by atoms with Crippen LogP contribution in [0.3, 0.4) is 0 Å². The van der Waals surface area contributed by atoms with E-state index in [1.54, 1.807) is 12.1 Å². The fourth-order valence-corrected chi connectivity index (χ4v) is 3.01. The van der Waals surface area contributed by atoms with Gasteiger partial charge >= 0.3 is 12.1 Å². The first-order valence-electron chi connectivity index (χ1n) is 9.16. The Morgan fingerprint density at radius 1 is 0.968 bits per heavy atom. The Labute approximate surface area is 174 Å². The number of rotatable bonds is 5. The van der Waals surface area contributed by atoms with Gasteiger partial charge in [-0.2, -0.15) is 13.2 Å². The van der Waals surface area contributed by atoms with Crippen molar-refractivity contribution in [2.75, 3.05) is 5.32 Å². The van der Waals surface area contributed by atoms with E-state index in [4.69, 9.17) is 4.74 Å². The molecule has 0 aliphatic carbocycles. The monoisotopic (exact) mass is 434 g/mol. The van der Waals surface area contributed by atoms with Crippen molar-refractivity contribution in [2.24, 2.45) is 0 Å². The number of esters is 1. The zero-order chi connectivity index (χ0) is 22.9. The Bertz CT molecular complexity index is 1030. The Morgan fingerprint density at radius 2 is 1.55 bits per heavy atom. The van der Waals surface area contributed by atoms with E-state index in [0.717, 1.165) is 23.1 Å². The van der Waals surface area contributed by atoms with Crippen LogP contribution in [0.5, 0.6) is 0 Å². The number of ether oxygens (including phenoxy) is 1. The molecule has 10 heteroatoms. The molecule has 0 radical (unpaired) electrons. The van der Waals surface area contributed by atoms with Crippen molar-refractivity contribution in [3.8, 4) is 0 Å². The fourth-order valence-electron chi connectivity index (χ4n) is 3.01. The molecule has 0 aromatic heterocycles. The highest BCUT2D eigenvalue weighted by Gasteiger charge is 2.41. The van der Waals surface area contributed by atoms with E-state index in [1.165, 1.54) is 32.0 Å². The third-order valence-corrected chi connectivity index (χ3v) is 4.67. The zero-order valence-electron chi connectivity index (χ0n) is 16.4. The van der Waals surface area contributed by atoms with Crippen LogP contribution in [-0.2, 0) is 20.5 Å². The van der Waals surface area contributed by atoms with Crippen LogP contribution in [0.25, 0.3) is 0 Å². The first-order valence-corrected chi connectivity index (χ1v) is 9.16. The van der Waals surface area contributed by atoms with Gasteiger partial charge in [0.2, 0.25) is 0 Å². The highest BCUT2D eigenvalue weighted by molar-refractivity contribution is 6.22. The lowest BCUT2D eigenvalue weighted by Crippen LogP contribution is -2.45. The van der Waals surface area contributed by atoms with E-state index in [2.05, 4.69) is 5.32 Å². The molecule has 2 atom stereocenters. The molecular formula is C21H17F3N2O5. The largest absolute Gasteiger partial charge is 0.451 e. The van der Waals surface area contributed by atoms with E-state index in [1.807, 2.05) is 0 Å². The summed E-state index contributed by atoms with van der Waals surface area (Å²) >= 11 is 0. The standard InChI is InChI=1S/C21H17F3N2O5/c1-11(26-18(28)15-8-3-4-9-16(15)19(26)29)20(30)31-12(2)17(27)25-14-7-5-6-13(10-14)21(22,23)24/h3-12H,1-2H3,(H,25,27)/t11-,12-/m0/s1. The van der Waals surface area contributed by atoms with E-state index in [0.29, 0.717) is 0 Å². The highest BCUT2D eigenvalue weighted by Crippen LogP contribution is 2.30. The summed E-state index contributed by atoms with van der Waals surface area (Å²) in [7, 11) is 0. The topological polar surface area (TPSA) is 92.8 Å². The summed E-state index contributed by atoms with van der Waals surface area (Å²) in [6.07, 6.45) is -5.97. The van der Waals surface area contributed by atoms with Crippen LogP contribution in [0.15, 0.2) is 48.5 Å². The second-order valence-electron chi connectivity index (χ2n) is 6.85. The van der Waals surface area contributed by atoms with Crippen LogP contribution in [0.1, 0.15) is 40.1 Å². The molecule has 0 saturated carbocycles.